The molecule has 1 saturated carbocycles. The van der Waals surface area contributed by atoms with Crippen molar-refractivity contribution < 1.29 is 18.0 Å². The molecule has 1 aliphatic carbocycles. The van der Waals surface area contributed by atoms with Gasteiger partial charge in [0.05, 0.1) is 23.8 Å². The third-order valence-corrected chi connectivity index (χ3v) is 4.93. The second kappa shape index (κ2) is 7.14. The molecule has 0 unspecified atom stereocenters. The fourth-order valence-corrected chi connectivity index (χ4v) is 3.42. The minimum absolute atomic E-state index is 0.0103. The minimum atomic E-state index is -2.57. The van der Waals surface area contributed by atoms with Crippen molar-refractivity contribution in [3.63, 3.8) is 0 Å². The molecule has 0 bridgehead atoms. The largest absolute Gasteiger partial charge is 0.344 e. The quantitative estimate of drug-likeness (QED) is 0.587. The number of aromatic amines is 1. The van der Waals surface area contributed by atoms with Crippen LogP contribution in [0.4, 0.5) is 29.3 Å². The van der Waals surface area contributed by atoms with E-state index in [0.717, 1.165) is 11.9 Å². The van der Waals surface area contributed by atoms with Crippen LogP contribution in [-0.2, 0) is 0 Å². The number of halogens is 3. The highest BCUT2D eigenvalue weighted by Gasteiger charge is 2.35. The van der Waals surface area contributed by atoms with E-state index in [0.29, 0.717) is 35.2 Å². The average molecular weight is 389 g/mol. The predicted molar refractivity (Wildman–Crippen MR) is 99.1 cm³/mol. The maximum atomic E-state index is 13.4. The molecule has 3 aromatic heterocycles. The number of hydrogen-bond acceptors (Lipinski definition) is 3. The fourth-order valence-electron chi connectivity index (χ4n) is 3.42. The first-order valence-electron chi connectivity index (χ1n) is 8.94. The molecule has 2 amide bonds. The molecule has 4 rings (SSSR count). The summed E-state index contributed by atoms with van der Waals surface area (Å²) in [6.07, 6.45) is 4.67. The zero-order chi connectivity index (χ0) is 19.7. The Morgan fingerprint density at radius 3 is 2.64 bits per heavy atom. The number of H-pyrrole nitrogens is 1. The lowest BCUT2D eigenvalue weighted by Gasteiger charge is -2.27. The van der Waals surface area contributed by atoms with Crippen molar-refractivity contribution in [3.8, 4) is 0 Å². The molecule has 3 N–H and O–H groups in total. The molecule has 0 saturated heterocycles. The first-order chi connectivity index (χ1) is 13.4. The highest BCUT2D eigenvalue weighted by molar-refractivity contribution is 6.05. The first-order valence-corrected chi connectivity index (χ1v) is 8.94. The molecule has 3 heterocycles. The van der Waals surface area contributed by atoms with Gasteiger partial charge in [0.25, 0.3) is 0 Å². The molecule has 9 heteroatoms. The molecular formula is C19H18F3N5O. The van der Waals surface area contributed by atoms with Crippen LogP contribution in [0.1, 0.15) is 37.3 Å². The second-order valence-corrected chi connectivity index (χ2v) is 6.93. The number of urea groups is 1. The summed E-state index contributed by atoms with van der Waals surface area (Å²) in [6.45, 7) is 0. The number of nitrogens with zero attached hydrogens (tertiary/aromatic N) is 2. The van der Waals surface area contributed by atoms with E-state index in [2.05, 4.69) is 25.6 Å². The Hall–Kier alpha value is -3.10. The zero-order valence-corrected chi connectivity index (χ0v) is 14.8. The third kappa shape index (κ3) is 3.92. The number of anilines is 2. The maximum Gasteiger partial charge on any atom is 0.323 e. The van der Waals surface area contributed by atoms with Gasteiger partial charge in [0, 0.05) is 36.0 Å². The van der Waals surface area contributed by atoms with Crippen molar-refractivity contribution >= 4 is 28.4 Å². The normalized spacial score (nSPS) is 16.8. The van der Waals surface area contributed by atoms with Crippen LogP contribution in [0.3, 0.4) is 0 Å². The van der Waals surface area contributed by atoms with Gasteiger partial charge in [-0.2, -0.15) is 0 Å². The molecule has 0 spiro atoms. The molecular weight excluding hydrogens is 371 g/mol. The molecule has 1 aliphatic rings. The van der Waals surface area contributed by atoms with Crippen molar-refractivity contribution in [2.75, 3.05) is 10.6 Å². The van der Waals surface area contributed by atoms with Crippen LogP contribution in [0, 0.1) is 5.82 Å². The van der Waals surface area contributed by atoms with Gasteiger partial charge in [-0.15, -0.1) is 0 Å². The Morgan fingerprint density at radius 1 is 1.14 bits per heavy atom. The van der Waals surface area contributed by atoms with Crippen LogP contribution < -0.4 is 10.6 Å². The van der Waals surface area contributed by atoms with Crippen molar-refractivity contribution in [1.29, 1.82) is 0 Å². The molecule has 0 aliphatic heterocycles. The molecule has 1 fully saturated rings. The van der Waals surface area contributed by atoms with Gasteiger partial charge in [0.15, 0.2) is 0 Å². The molecule has 6 nitrogen and oxygen atoms in total. The molecule has 0 atom stereocenters. The highest BCUT2D eigenvalue weighted by Crippen LogP contribution is 2.40. The van der Waals surface area contributed by atoms with E-state index in [1.54, 1.807) is 12.1 Å². The van der Waals surface area contributed by atoms with Crippen LogP contribution >= 0.6 is 0 Å². The van der Waals surface area contributed by atoms with Gasteiger partial charge < -0.3 is 15.6 Å². The summed E-state index contributed by atoms with van der Waals surface area (Å²) in [5.41, 5.74) is 2.07. The Labute approximate surface area is 158 Å². The van der Waals surface area contributed by atoms with Gasteiger partial charge in [0.2, 0.25) is 5.92 Å². The van der Waals surface area contributed by atoms with Gasteiger partial charge in [0.1, 0.15) is 11.5 Å². The van der Waals surface area contributed by atoms with Crippen LogP contribution in [0.15, 0.2) is 36.8 Å². The molecule has 28 heavy (non-hydrogen) atoms. The van der Waals surface area contributed by atoms with Crippen LogP contribution in [-0.4, -0.2) is 26.9 Å². The number of carbonyl (C=O) groups is 1. The summed E-state index contributed by atoms with van der Waals surface area (Å²) in [6, 6.07) is 4.19. The van der Waals surface area contributed by atoms with Crippen molar-refractivity contribution in [2.24, 2.45) is 0 Å². The summed E-state index contributed by atoms with van der Waals surface area (Å²) < 4.78 is 39.9. The van der Waals surface area contributed by atoms with Gasteiger partial charge in [-0.3, -0.25) is 4.98 Å². The monoisotopic (exact) mass is 389 g/mol. The lowest BCUT2D eigenvalue weighted by molar-refractivity contribution is -0.0384. The SMILES string of the molecule is O=C(Nc1ccc(C2CCC(F)(F)CC2)nc1)Nc1c[nH]c2ncc(F)cc12. The van der Waals surface area contributed by atoms with Gasteiger partial charge in [-0.1, -0.05) is 0 Å². The van der Waals surface area contributed by atoms with Crippen molar-refractivity contribution in [1.82, 2.24) is 15.0 Å². The molecule has 3 aromatic rings. The first kappa shape index (κ1) is 18.3. The zero-order valence-electron chi connectivity index (χ0n) is 14.8. The van der Waals surface area contributed by atoms with Crippen LogP contribution in [0.2, 0.25) is 0 Å². The van der Waals surface area contributed by atoms with Crippen molar-refractivity contribution in [3.05, 3.63) is 48.3 Å². The minimum Gasteiger partial charge on any atom is -0.344 e. The van der Waals surface area contributed by atoms with E-state index in [1.165, 1.54) is 18.5 Å². The van der Waals surface area contributed by atoms with Gasteiger partial charge >= 0.3 is 6.03 Å². The van der Waals surface area contributed by atoms with Crippen molar-refractivity contribution in [2.45, 2.75) is 37.5 Å². The number of alkyl halides is 2. The maximum absolute atomic E-state index is 13.4. The summed E-state index contributed by atoms with van der Waals surface area (Å²) >= 11 is 0. The number of nitrogens with one attached hydrogen (secondary N) is 3. The van der Waals surface area contributed by atoms with Gasteiger partial charge in [-0.25, -0.2) is 22.9 Å². The Bertz CT molecular complexity index is 992. The predicted octanol–water partition coefficient (Wildman–Crippen LogP) is 5.03. The summed E-state index contributed by atoms with van der Waals surface area (Å²) in [5, 5.41) is 5.73. The van der Waals surface area contributed by atoms with E-state index in [9.17, 15) is 18.0 Å². The Morgan fingerprint density at radius 2 is 1.93 bits per heavy atom. The fraction of sp³-hybridized carbons (Fsp3) is 0.316. The summed E-state index contributed by atoms with van der Waals surface area (Å²) in [5.74, 6) is -3.07. The second-order valence-electron chi connectivity index (χ2n) is 6.93. The highest BCUT2D eigenvalue weighted by atomic mass is 19.3. The Kier molecular flexibility index (Phi) is 4.66. The van der Waals surface area contributed by atoms with Crippen LogP contribution in [0.5, 0.6) is 0 Å². The van der Waals surface area contributed by atoms with E-state index in [1.807, 2.05) is 0 Å². The number of hydrogen-bond donors (Lipinski definition) is 3. The third-order valence-electron chi connectivity index (χ3n) is 4.93. The standard InChI is InChI=1S/C19H18F3N5O/c20-12-7-14-16(10-25-17(14)24-8-12)27-18(28)26-13-1-2-15(23-9-13)11-3-5-19(21,22)6-4-11/h1-2,7-11H,3-6H2,(H,24,25)(H2,26,27,28). The van der Waals surface area contributed by atoms with E-state index in [-0.39, 0.29) is 18.8 Å². The van der Waals surface area contributed by atoms with Crippen LogP contribution in [0.25, 0.3) is 11.0 Å². The van der Waals surface area contributed by atoms with E-state index < -0.39 is 17.8 Å². The van der Waals surface area contributed by atoms with E-state index in [4.69, 9.17) is 0 Å². The number of pyridine rings is 2. The number of rotatable bonds is 3. The smallest absolute Gasteiger partial charge is 0.323 e. The van der Waals surface area contributed by atoms with E-state index >= 15 is 0 Å². The summed E-state index contributed by atoms with van der Waals surface area (Å²) in [4.78, 5) is 23.3. The average Bonchev–Trinajstić information content (AvgIpc) is 3.04. The number of aromatic nitrogens is 3. The summed E-state index contributed by atoms with van der Waals surface area (Å²) in [7, 11) is 0. The number of fused-ring (bicyclic) bond motifs is 1. The molecule has 0 aromatic carbocycles. The number of amides is 2. The molecule has 0 radical (unpaired) electrons. The molecule has 146 valence electrons. The number of carbonyl (C=O) groups excluding carboxylic acids is 1. The lowest BCUT2D eigenvalue weighted by Crippen LogP contribution is -2.24. The van der Waals surface area contributed by atoms with Gasteiger partial charge in [-0.05, 0) is 31.0 Å². The lowest BCUT2D eigenvalue weighted by atomic mass is 9.84. The topological polar surface area (TPSA) is 82.7 Å². The Balaban J connectivity index is 1.39.